The minimum Gasteiger partial charge on any atom is -0.493 e. The van der Waals surface area contributed by atoms with E-state index in [0.717, 1.165) is 5.56 Å². The van der Waals surface area contributed by atoms with E-state index in [0.29, 0.717) is 57.3 Å². The number of benzene rings is 4. The molecule has 0 bridgehead atoms. The van der Waals surface area contributed by atoms with Crippen molar-refractivity contribution >= 4 is 28.9 Å². The van der Waals surface area contributed by atoms with Gasteiger partial charge in [0.15, 0.2) is 23.0 Å². The third-order valence-electron chi connectivity index (χ3n) is 5.62. The molecule has 0 saturated carbocycles. The number of para-hydroxylation sites is 2. The maximum Gasteiger partial charge on any atom is 0.263 e. The topological polar surface area (TPSA) is 57.2 Å². The lowest BCUT2D eigenvalue weighted by molar-refractivity contribution is 0.0996. The maximum atomic E-state index is 13.9. The SMILES string of the molecule is COc1cc(C(=O)N2c3ccccc3Oc3ccc(Cl)cc32)cc(OC)c1OCc1ccccc1. The van der Waals surface area contributed by atoms with Crippen LogP contribution in [0.3, 0.4) is 0 Å². The molecule has 1 aliphatic rings. The summed E-state index contributed by atoms with van der Waals surface area (Å²) in [5.41, 5.74) is 2.50. The first-order chi connectivity index (χ1) is 17.1. The first kappa shape index (κ1) is 22.6. The molecule has 0 N–H and O–H groups in total. The van der Waals surface area contributed by atoms with Gasteiger partial charge in [-0.1, -0.05) is 54.1 Å². The highest BCUT2D eigenvalue weighted by molar-refractivity contribution is 6.31. The minimum absolute atomic E-state index is 0.296. The second-order valence-corrected chi connectivity index (χ2v) is 8.24. The Morgan fingerprint density at radius 1 is 0.829 bits per heavy atom. The highest BCUT2D eigenvalue weighted by Crippen LogP contribution is 2.48. The van der Waals surface area contributed by atoms with Gasteiger partial charge >= 0.3 is 0 Å². The Balaban J connectivity index is 1.55. The third kappa shape index (κ3) is 4.36. The molecule has 0 saturated heterocycles. The van der Waals surface area contributed by atoms with Crippen molar-refractivity contribution in [2.45, 2.75) is 6.61 Å². The Morgan fingerprint density at radius 2 is 1.49 bits per heavy atom. The van der Waals surface area contributed by atoms with E-state index >= 15 is 0 Å². The summed E-state index contributed by atoms with van der Waals surface area (Å²) in [6.07, 6.45) is 0. The predicted octanol–water partition coefficient (Wildman–Crippen LogP) is 7.02. The fourth-order valence-corrected chi connectivity index (χ4v) is 4.12. The number of ether oxygens (including phenoxy) is 4. The molecule has 0 spiro atoms. The number of rotatable bonds is 6. The van der Waals surface area contributed by atoms with Crippen LogP contribution in [0.2, 0.25) is 5.02 Å². The summed E-state index contributed by atoms with van der Waals surface area (Å²) in [7, 11) is 3.05. The summed E-state index contributed by atoms with van der Waals surface area (Å²) in [5, 5.41) is 0.490. The number of carbonyl (C=O) groups is 1. The first-order valence-electron chi connectivity index (χ1n) is 10.9. The van der Waals surface area contributed by atoms with Gasteiger partial charge in [0, 0.05) is 10.6 Å². The van der Waals surface area contributed by atoms with Gasteiger partial charge in [-0.2, -0.15) is 0 Å². The maximum absolute atomic E-state index is 13.9. The highest BCUT2D eigenvalue weighted by Gasteiger charge is 2.31. The molecule has 1 aliphatic heterocycles. The summed E-state index contributed by atoms with van der Waals surface area (Å²) in [4.78, 5) is 15.5. The normalized spacial score (nSPS) is 11.7. The van der Waals surface area contributed by atoms with E-state index in [4.69, 9.17) is 30.5 Å². The van der Waals surface area contributed by atoms with Crippen molar-refractivity contribution in [3.63, 3.8) is 0 Å². The van der Waals surface area contributed by atoms with E-state index < -0.39 is 0 Å². The molecule has 0 unspecified atom stereocenters. The molecule has 35 heavy (non-hydrogen) atoms. The number of halogens is 1. The van der Waals surface area contributed by atoms with Gasteiger partial charge < -0.3 is 18.9 Å². The average molecular weight is 488 g/mol. The number of nitrogens with zero attached hydrogens (tertiary/aromatic N) is 1. The summed E-state index contributed by atoms with van der Waals surface area (Å²) in [6, 6.07) is 25.6. The number of fused-ring (bicyclic) bond motifs is 2. The Bertz CT molecular complexity index is 1360. The van der Waals surface area contributed by atoms with Gasteiger partial charge in [-0.3, -0.25) is 9.69 Å². The van der Waals surface area contributed by atoms with Crippen molar-refractivity contribution in [1.29, 1.82) is 0 Å². The number of amides is 1. The van der Waals surface area contributed by atoms with Crippen LogP contribution in [-0.2, 0) is 6.61 Å². The van der Waals surface area contributed by atoms with Gasteiger partial charge in [0.2, 0.25) is 5.75 Å². The molecule has 4 aromatic rings. The van der Waals surface area contributed by atoms with E-state index in [9.17, 15) is 4.79 Å². The molecule has 1 heterocycles. The molecule has 0 atom stereocenters. The van der Waals surface area contributed by atoms with Crippen molar-refractivity contribution in [2.24, 2.45) is 0 Å². The van der Waals surface area contributed by atoms with E-state index in [1.165, 1.54) is 14.2 Å². The van der Waals surface area contributed by atoms with Crippen LogP contribution in [0.25, 0.3) is 0 Å². The first-order valence-corrected chi connectivity index (χ1v) is 11.3. The van der Waals surface area contributed by atoms with Gasteiger partial charge in [-0.25, -0.2) is 0 Å². The van der Waals surface area contributed by atoms with E-state index in [1.807, 2.05) is 54.6 Å². The molecule has 6 nitrogen and oxygen atoms in total. The highest BCUT2D eigenvalue weighted by atomic mass is 35.5. The van der Waals surface area contributed by atoms with Crippen molar-refractivity contribution in [3.05, 3.63) is 101 Å². The molecule has 7 heteroatoms. The standard InChI is InChI=1S/C28H22ClNO5/c1-32-25-14-19(15-26(33-2)27(25)34-17-18-8-4-3-5-9-18)28(31)30-21-10-6-7-11-23(21)35-24-13-12-20(29)16-22(24)30/h3-16H,17H2,1-2H3. The lowest BCUT2D eigenvalue weighted by Gasteiger charge is -2.31. The smallest absolute Gasteiger partial charge is 0.263 e. The van der Waals surface area contributed by atoms with Crippen LogP contribution in [0, 0.1) is 0 Å². The van der Waals surface area contributed by atoms with E-state index in [-0.39, 0.29) is 5.91 Å². The van der Waals surface area contributed by atoms with Gasteiger partial charge in [-0.05, 0) is 48.0 Å². The largest absolute Gasteiger partial charge is 0.493 e. The van der Waals surface area contributed by atoms with Gasteiger partial charge in [0.05, 0.1) is 25.6 Å². The summed E-state index contributed by atoms with van der Waals surface area (Å²) < 4.78 is 23.2. The van der Waals surface area contributed by atoms with Crippen molar-refractivity contribution in [2.75, 3.05) is 19.1 Å². The molecular weight excluding hydrogens is 466 g/mol. The van der Waals surface area contributed by atoms with Crippen LogP contribution in [0.15, 0.2) is 84.9 Å². The molecule has 176 valence electrons. The van der Waals surface area contributed by atoms with Gasteiger partial charge in [0.25, 0.3) is 5.91 Å². The van der Waals surface area contributed by atoms with Crippen LogP contribution in [-0.4, -0.2) is 20.1 Å². The second kappa shape index (κ2) is 9.60. The molecule has 0 fully saturated rings. The van der Waals surface area contributed by atoms with Gasteiger partial charge in [-0.15, -0.1) is 0 Å². The van der Waals surface area contributed by atoms with Crippen LogP contribution in [0.5, 0.6) is 28.7 Å². The zero-order valence-corrected chi connectivity index (χ0v) is 19.9. The number of anilines is 2. The molecule has 0 aromatic heterocycles. The lowest BCUT2D eigenvalue weighted by atomic mass is 10.1. The van der Waals surface area contributed by atoms with Crippen molar-refractivity contribution < 1.29 is 23.7 Å². The quantitative estimate of drug-likeness (QED) is 0.292. The Labute approximate surface area is 208 Å². The molecule has 4 aromatic carbocycles. The molecular formula is C28H22ClNO5. The molecule has 0 radical (unpaired) electrons. The zero-order valence-electron chi connectivity index (χ0n) is 19.2. The summed E-state index contributed by atoms with van der Waals surface area (Å²) in [5.74, 6) is 1.99. The number of hydrogen-bond acceptors (Lipinski definition) is 5. The van der Waals surface area contributed by atoms with Crippen LogP contribution >= 0.6 is 11.6 Å². The van der Waals surface area contributed by atoms with Crippen LogP contribution in [0.1, 0.15) is 15.9 Å². The Hall–Kier alpha value is -4.16. The second-order valence-electron chi connectivity index (χ2n) is 7.81. The summed E-state index contributed by atoms with van der Waals surface area (Å²) >= 11 is 6.27. The van der Waals surface area contributed by atoms with E-state index in [1.54, 1.807) is 35.2 Å². The zero-order chi connectivity index (χ0) is 24.4. The monoisotopic (exact) mass is 487 g/mol. The molecule has 5 rings (SSSR count). The average Bonchev–Trinajstić information content (AvgIpc) is 2.90. The van der Waals surface area contributed by atoms with Gasteiger partial charge in [0.1, 0.15) is 6.61 Å². The Kier molecular flexibility index (Phi) is 6.21. The third-order valence-corrected chi connectivity index (χ3v) is 5.86. The summed E-state index contributed by atoms with van der Waals surface area (Å²) in [6.45, 7) is 0.323. The minimum atomic E-state index is -0.296. The molecule has 1 amide bonds. The number of carbonyl (C=O) groups excluding carboxylic acids is 1. The van der Waals surface area contributed by atoms with Crippen LogP contribution < -0.4 is 23.8 Å². The fourth-order valence-electron chi connectivity index (χ4n) is 3.95. The number of methoxy groups -OCH3 is 2. The number of hydrogen-bond donors (Lipinski definition) is 0. The lowest BCUT2D eigenvalue weighted by Crippen LogP contribution is -2.28. The fraction of sp³-hybridized carbons (Fsp3) is 0.107. The Morgan fingerprint density at radius 3 is 2.20 bits per heavy atom. The van der Waals surface area contributed by atoms with Crippen molar-refractivity contribution in [3.8, 4) is 28.7 Å². The van der Waals surface area contributed by atoms with Crippen molar-refractivity contribution in [1.82, 2.24) is 0 Å². The predicted molar refractivity (Wildman–Crippen MR) is 135 cm³/mol. The van der Waals surface area contributed by atoms with E-state index in [2.05, 4.69) is 0 Å². The van der Waals surface area contributed by atoms with Crippen LogP contribution in [0.4, 0.5) is 11.4 Å². The molecule has 0 aliphatic carbocycles.